The third kappa shape index (κ3) is 2.19. The van der Waals surface area contributed by atoms with Gasteiger partial charge in [-0.25, -0.2) is 4.98 Å². The van der Waals surface area contributed by atoms with E-state index in [0.29, 0.717) is 4.99 Å². The van der Waals surface area contributed by atoms with Gasteiger partial charge in [-0.2, -0.15) is 0 Å². The quantitative estimate of drug-likeness (QED) is 0.670. The first kappa shape index (κ1) is 12.8. The molecule has 1 aromatic heterocycles. The van der Waals surface area contributed by atoms with Crippen LogP contribution in [0.4, 0.5) is 0 Å². The second kappa shape index (κ2) is 4.92. The lowest BCUT2D eigenvalue weighted by molar-refractivity contribution is 1.04. The number of nitrogens with zero attached hydrogens (tertiary/aromatic N) is 1. The Kier molecular flexibility index (Phi) is 3.70. The van der Waals surface area contributed by atoms with E-state index in [-0.39, 0.29) is 0 Å². The molecule has 0 aliphatic rings. The Balaban J connectivity index is 2.89. The van der Waals surface area contributed by atoms with Gasteiger partial charge in [-0.1, -0.05) is 26.1 Å². The number of benzene rings is 1. The van der Waals surface area contributed by atoms with E-state index in [1.165, 1.54) is 11.1 Å². The molecule has 0 atom stereocenters. The van der Waals surface area contributed by atoms with Crippen LogP contribution in [0.5, 0.6) is 0 Å². The van der Waals surface area contributed by atoms with Crippen molar-refractivity contribution < 1.29 is 0 Å². The van der Waals surface area contributed by atoms with Crippen molar-refractivity contribution in [1.29, 1.82) is 0 Å². The summed E-state index contributed by atoms with van der Waals surface area (Å²) in [6, 6.07) is 2.19. The molecule has 1 aromatic carbocycles. The Morgan fingerprint density at radius 1 is 1.47 bits per heavy atom. The van der Waals surface area contributed by atoms with Crippen molar-refractivity contribution in [2.45, 2.75) is 31.0 Å². The first-order valence-electron chi connectivity index (χ1n) is 5.52. The zero-order valence-corrected chi connectivity index (χ0v) is 12.3. The Morgan fingerprint density at radius 3 is 2.71 bits per heavy atom. The first-order chi connectivity index (χ1) is 8.08. The second-order valence-corrected chi connectivity index (χ2v) is 6.00. The molecule has 2 nitrogen and oxygen atoms in total. The fourth-order valence-electron chi connectivity index (χ4n) is 2.13. The summed E-state index contributed by atoms with van der Waals surface area (Å²) in [6.45, 7) is 4.27. The normalized spacial score (nSPS) is 11.0. The maximum absolute atomic E-state index is 5.86. The average Bonchev–Trinajstić information content (AvgIpc) is 2.65. The zero-order chi connectivity index (χ0) is 12.6. The van der Waals surface area contributed by atoms with Gasteiger partial charge in [0, 0.05) is 5.56 Å². The van der Waals surface area contributed by atoms with Gasteiger partial charge < -0.3 is 5.73 Å². The maximum Gasteiger partial charge on any atom is 0.148 e. The van der Waals surface area contributed by atoms with Crippen LogP contribution >= 0.6 is 36.2 Å². The minimum atomic E-state index is 0.431. The summed E-state index contributed by atoms with van der Waals surface area (Å²) in [7, 11) is 0. The summed E-state index contributed by atoms with van der Waals surface area (Å²) < 4.78 is 1.87. The van der Waals surface area contributed by atoms with E-state index in [9.17, 15) is 0 Å². The van der Waals surface area contributed by atoms with Gasteiger partial charge in [0.15, 0.2) is 0 Å². The summed E-state index contributed by atoms with van der Waals surface area (Å²) in [5.41, 5.74) is 10.2. The van der Waals surface area contributed by atoms with Gasteiger partial charge in [-0.05, 0) is 30.0 Å². The van der Waals surface area contributed by atoms with E-state index in [1.54, 1.807) is 11.3 Å². The Bertz CT molecular complexity index is 587. The highest BCUT2D eigenvalue weighted by molar-refractivity contribution is 7.83. The molecule has 2 aromatic rings. The SMILES string of the molecule is CCc1cc2sc(S)nc2c(C(N)=S)c1CC. The molecule has 2 rings (SSSR count). The monoisotopic (exact) mass is 282 g/mol. The van der Waals surface area contributed by atoms with Crippen LogP contribution in [0.3, 0.4) is 0 Å². The van der Waals surface area contributed by atoms with Crippen molar-refractivity contribution >= 4 is 51.4 Å². The van der Waals surface area contributed by atoms with E-state index in [2.05, 4.69) is 37.5 Å². The highest BCUT2D eigenvalue weighted by Gasteiger charge is 2.16. The number of aryl methyl sites for hydroxylation is 1. The van der Waals surface area contributed by atoms with Crippen LogP contribution in [-0.2, 0) is 12.8 Å². The summed E-state index contributed by atoms with van der Waals surface area (Å²) in [4.78, 5) is 4.86. The van der Waals surface area contributed by atoms with Crippen LogP contribution < -0.4 is 5.73 Å². The molecule has 0 radical (unpaired) electrons. The number of thiol groups is 1. The first-order valence-corrected chi connectivity index (χ1v) is 7.19. The fourth-order valence-corrected chi connectivity index (χ4v) is 3.52. The largest absolute Gasteiger partial charge is 0.389 e. The van der Waals surface area contributed by atoms with Gasteiger partial charge in [-0.15, -0.1) is 24.0 Å². The number of rotatable bonds is 3. The van der Waals surface area contributed by atoms with Crippen LogP contribution in [-0.4, -0.2) is 9.97 Å². The van der Waals surface area contributed by atoms with E-state index >= 15 is 0 Å². The Labute approximate surface area is 116 Å². The van der Waals surface area contributed by atoms with Crippen molar-refractivity contribution in [3.8, 4) is 0 Å². The molecular formula is C12H14N2S3. The molecule has 0 fully saturated rings. The fraction of sp³-hybridized carbons (Fsp3) is 0.333. The van der Waals surface area contributed by atoms with Gasteiger partial charge in [-0.3, -0.25) is 0 Å². The summed E-state index contributed by atoms with van der Waals surface area (Å²) in [6.07, 6.45) is 1.90. The molecule has 0 aliphatic heterocycles. The van der Waals surface area contributed by atoms with Crippen LogP contribution in [0.15, 0.2) is 10.4 Å². The third-order valence-electron chi connectivity index (χ3n) is 2.85. The lowest BCUT2D eigenvalue weighted by Crippen LogP contribution is -2.14. The molecule has 90 valence electrons. The molecule has 0 unspecified atom stereocenters. The van der Waals surface area contributed by atoms with Gasteiger partial charge in [0.1, 0.15) is 9.33 Å². The number of thiazole rings is 1. The molecule has 2 N–H and O–H groups in total. The molecule has 17 heavy (non-hydrogen) atoms. The maximum atomic E-state index is 5.86. The summed E-state index contributed by atoms with van der Waals surface area (Å²) in [5, 5.41) is 0. The highest BCUT2D eigenvalue weighted by atomic mass is 32.2. The number of fused-ring (bicyclic) bond motifs is 1. The molecular weight excluding hydrogens is 268 g/mol. The van der Waals surface area contributed by atoms with E-state index in [4.69, 9.17) is 18.0 Å². The van der Waals surface area contributed by atoms with Gasteiger partial charge in [0.2, 0.25) is 0 Å². The number of aromatic nitrogens is 1. The average molecular weight is 282 g/mol. The van der Waals surface area contributed by atoms with Crippen LogP contribution in [0.25, 0.3) is 10.2 Å². The zero-order valence-electron chi connectivity index (χ0n) is 9.78. The molecule has 0 saturated heterocycles. The Hall–Kier alpha value is -0.650. The van der Waals surface area contributed by atoms with E-state index < -0.39 is 0 Å². The molecule has 0 saturated carbocycles. The number of nitrogens with two attached hydrogens (primary N) is 1. The van der Waals surface area contributed by atoms with Gasteiger partial charge >= 0.3 is 0 Å². The Morgan fingerprint density at radius 2 is 2.18 bits per heavy atom. The van der Waals surface area contributed by atoms with Crippen molar-refractivity contribution in [3.63, 3.8) is 0 Å². The summed E-state index contributed by atoms with van der Waals surface area (Å²) in [5.74, 6) is 0. The van der Waals surface area contributed by atoms with E-state index in [0.717, 1.165) is 33.0 Å². The lowest BCUT2D eigenvalue weighted by atomic mass is 9.96. The van der Waals surface area contributed by atoms with E-state index in [1.807, 2.05) is 0 Å². The minimum Gasteiger partial charge on any atom is -0.389 e. The smallest absolute Gasteiger partial charge is 0.148 e. The topological polar surface area (TPSA) is 38.9 Å². The predicted octanol–water partition coefficient (Wildman–Crippen LogP) is 3.34. The second-order valence-electron chi connectivity index (χ2n) is 3.80. The summed E-state index contributed by atoms with van der Waals surface area (Å²) >= 11 is 11.1. The van der Waals surface area contributed by atoms with Crippen LogP contribution in [0.1, 0.15) is 30.5 Å². The standard InChI is InChI=1S/C12H14N2S3/c1-3-6-5-8-10(14-12(16)17-8)9(11(13)15)7(6)4-2/h5H,3-4H2,1-2H3,(H2,13,15)(H,14,16). The molecule has 0 bridgehead atoms. The molecule has 0 amide bonds. The number of hydrogen-bond donors (Lipinski definition) is 2. The van der Waals surface area contributed by atoms with Crippen LogP contribution in [0.2, 0.25) is 0 Å². The van der Waals surface area contributed by atoms with Gasteiger partial charge in [0.25, 0.3) is 0 Å². The molecule has 0 spiro atoms. The van der Waals surface area contributed by atoms with Crippen molar-refractivity contribution in [3.05, 3.63) is 22.8 Å². The highest BCUT2D eigenvalue weighted by Crippen LogP contribution is 2.32. The van der Waals surface area contributed by atoms with Crippen LogP contribution in [0, 0.1) is 0 Å². The molecule has 5 heteroatoms. The predicted molar refractivity (Wildman–Crippen MR) is 81.5 cm³/mol. The van der Waals surface area contributed by atoms with Crippen molar-refractivity contribution in [2.24, 2.45) is 5.73 Å². The molecule has 1 heterocycles. The van der Waals surface area contributed by atoms with Gasteiger partial charge in [0.05, 0.1) is 10.2 Å². The number of thiocarbonyl (C=S) groups is 1. The molecule has 0 aliphatic carbocycles. The third-order valence-corrected chi connectivity index (χ3v) is 4.24. The minimum absolute atomic E-state index is 0.431. The number of hydrogen-bond acceptors (Lipinski definition) is 4. The van der Waals surface area contributed by atoms with Crippen molar-refractivity contribution in [1.82, 2.24) is 4.98 Å². The lowest BCUT2D eigenvalue weighted by Gasteiger charge is -2.12. The van der Waals surface area contributed by atoms with Crippen molar-refractivity contribution in [2.75, 3.05) is 0 Å².